The Morgan fingerprint density at radius 3 is 2.47 bits per heavy atom. The summed E-state index contributed by atoms with van der Waals surface area (Å²) in [5.74, 6) is -0.244. The van der Waals surface area contributed by atoms with Crippen molar-refractivity contribution < 1.29 is 9.50 Å². The fraction of sp³-hybridized carbons (Fsp3) is 0.200. The van der Waals surface area contributed by atoms with Crippen molar-refractivity contribution >= 4 is 17.3 Å². The average Bonchev–Trinajstić information content (AvgIpc) is 2.41. The lowest BCUT2D eigenvalue weighted by Gasteiger charge is -2.18. The normalized spacial score (nSPS) is 12.2. The van der Waals surface area contributed by atoms with Crippen LogP contribution in [0.5, 0.6) is 0 Å². The van der Waals surface area contributed by atoms with E-state index in [2.05, 4.69) is 5.32 Å². The second-order valence-corrected chi connectivity index (χ2v) is 4.83. The Bertz CT molecular complexity index is 557. The molecule has 2 N–H and O–H groups in total. The minimum Gasteiger partial charge on any atom is -0.394 e. The Morgan fingerprint density at radius 2 is 1.89 bits per heavy atom. The summed E-state index contributed by atoms with van der Waals surface area (Å²) in [6, 6.07) is 11.8. The highest BCUT2D eigenvalue weighted by molar-refractivity contribution is 6.30. The number of nitrogens with one attached hydrogen (secondary N) is 1. The third-order valence-electron chi connectivity index (χ3n) is 2.95. The van der Waals surface area contributed by atoms with Gasteiger partial charge in [-0.3, -0.25) is 0 Å². The topological polar surface area (TPSA) is 32.3 Å². The zero-order valence-electron chi connectivity index (χ0n) is 10.5. The molecule has 0 fully saturated rings. The Hall–Kier alpha value is -1.58. The highest BCUT2D eigenvalue weighted by Gasteiger charge is 2.11. The second kappa shape index (κ2) is 6.04. The summed E-state index contributed by atoms with van der Waals surface area (Å²) in [4.78, 5) is 0. The maximum atomic E-state index is 13.2. The van der Waals surface area contributed by atoms with Gasteiger partial charge in [-0.15, -0.1) is 0 Å². The molecule has 0 aliphatic rings. The lowest BCUT2D eigenvalue weighted by molar-refractivity contribution is 0.276. The predicted molar refractivity (Wildman–Crippen MR) is 76.0 cm³/mol. The number of hydrogen-bond donors (Lipinski definition) is 2. The molecule has 1 unspecified atom stereocenters. The third kappa shape index (κ3) is 3.46. The van der Waals surface area contributed by atoms with Gasteiger partial charge in [0.1, 0.15) is 5.82 Å². The van der Waals surface area contributed by atoms with E-state index in [4.69, 9.17) is 11.6 Å². The van der Waals surface area contributed by atoms with Gasteiger partial charge in [-0.1, -0.05) is 23.7 Å². The minimum atomic E-state index is -0.277. The first-order valence-corrected chi connectivity index (χ1v) is 6.37. The molecular weight excluding hydrogens is 265 g/mol. The molecule has 0 saturated heterocycles. The Balaban J connectivity index is 2.19. The maximum absolute atomic E-state index is 13.2. The molecule has 2 aromatic rings. The van der Waals surface area contributed by atoms with E-state index in [1.165, 1.54) is 6.07 Å². The van der Waals surface area contributed by atoms with Crippen molar-refractivity contribution in [1.82, 2.24) is 0 Å². The second-order valence-electron chi connectivity index (χ2n) is 4.40. The number of aliphatic hydroxyl groups is 1. The van der Waals surface area contributed by atoms with Crippen LogP contribution in [0.25, 0.3) is 0 Å². The number of benzene rings is 2. The molecule has 0 aliphatic carbocycles. The van der Waals surface area contributed by atoms with Gasteiger partial charge >= 0.3 is 0 Å². The first-order chi connectivity index (χ1) is 9.10. The van der Waals surface area contributed by atoms with E-state index in [1.54, 1.807) is 31.2 Å². The average molecular weight is 280 g/mol. The fourth-order valence-electron chi connectivity index (χ4n) is 1.87. The highest BCUT2D eigenvalue weighted by Crippen LogP contribution is 2.22. The Labute approximate surface area is 116 Å². The van der Waals surface area contributed by atoms with E-state index in [0.717, 1.165) is 11.3 Å². The number of aliphatic hydroxyl groups excluding tert-OH is 1. The standard InChI is InChI=1S/C15H15ClFNO/c1-10-8-11(2-7-14(10)17)15(9-19)18-13-5-3-12(16)4-6-13/h2-8,15,18-19H,9H2,1H3. The summed E-state index contributed by atoms with van der Waals surface area (Å²) in [6.07, 6.45) is 0. The molecule has 0 aliphatic heterocycles. The molecule has 0 heterocycles. The summed E-state index contributed by atoms with van der Waals surface area (Å²) in [5, 5.41) is 13.3. The molecular formula is C15H15ClFNO. The van der Waals surface area contributed by atoms with Crippen LogP contribution in [0.1, 0.15) is 17.2 Å². The summed E-state index contributed by atoms with van der Waals surface area (Å²) in [7, 11) is 0. The van der Waals surface area contributed by atoms with E-state index in [0.29, 0.717) is 10.6 Å². The molecule has 2 nitrogen and oxygen atoms in total. The van der Waals surface area contributed by atoms with Crippen molar-refractivity contribution in [3.8, 4) is 0 Å². The van der Waals surface area contributed by atoms with Gasteiger partial charge in [-0.25, -0.2) is 4.39 Å². The number of aryl methyl sites for hydroxylation is 1. The summed E-state index contributed by atoms with van der Waals surface area (Å²) >= 11 is 5.82. The SMILES string of the molecule is Cc1cc(C(CO)Nc2ccc(Cl)cc2)ccc1F. The van der Waals surface area contributed by atoms with Gasteiger partial charge in [0.25, 0.3) is 0 Å². The van der Waals surface area contributed by atoms with Crippen LogP contribution < -0.4 is 5.32 Å². The predicted octanol–water partition coefficient (Wildman–Crippen LogP) is 3.93. The maximum Gasteiger partial charge on any atom is 0.126 e. The molecule has 0 aromatic heterocycles. The number of rotatable bonds is 4. The number of hydrogen-bond acceptors (Lipinski definition) is 2. The summed E-state index contributed by atoms with van der Waals surface area (Å²) in [6.45, 7) is 1.63. The lowest BCUT2D eigenvalue weighted by atomic mass is 10.0. The molecule has 2 rings (SSSR count). The molecule has 0 spiro atoms. The van der Waals surface area contributed by atoms with E-state index < -0.39 is 0 Å². The van der Waals surface area contributed by atoms with Crippen LogP contribution in [0.15, 0.2) is 42.5 Å². The van der Waals surface area contributed by atoms with Crippen molar-refractivity contribution in [1.29, 1.82) is 0 Å². The van der Waals surface area contributed by atoms with Gasteiger partial charge in [-0.2, -0.15) is 0 Å². The van der Waals surface area contributed by atoms with Gasteiger partial charge in [-0.05, 0) is 48.4 Å². The van der Waals surface area contributed by atoms with Crippen molar-refractivity contribution in [2.75, 3.05) is 11.9 Å². The van der Waals surface area contributed by atoms with Crippen molar-refractivity contribution in [2.24, 2.45) is 0 Å². The van der Waals surface area contributed by atoms with Crippen LogP contribution >= 0.6 is 11.6 Å². The van der Waals surface area contributed by atoms with Crippen LogP contribution in [-0.2, 0) is 0 Å². The molecule has 2 aromatic carbocycles. The molecule has 19 heavy (non-hydrogen) atoms. The first kappa shape index (κ1) is 13.8. The Morgan fingerprint density at radius 1 is 1.21 bits per heavy atom. The molecule has 0 amide bonds. The van der Waals surface area contributed by atoms with Crippen LogP contribution in [0, 0.1) is 12.7 Å². The molecule has 100 valence electrons. The van der Waals surface area contributed by atoms with Crippen molar-refractivity contribution in [2.45, 2.75) is 13.0 Å². The van der Waals surface area contributed by atoms with E-state index in [9.17, 15) is 9.50 Å². The van der Waals surface area contributed by atoms with E-state index in [-0.39, 0.29) is 18.5 Å². The van der Waals surface area contributed by atoms with Crippen molar-refractivity contribution in [3.63, 3.8) is 0 Å². The highest BCUT2D eigenvalue weighted by atomic mass is 35.5. The molecule has 0 saturated carbocycles. The molecule has 0 bridgehead atoms. The van der Waals surface area contributed by atoms with Crippen LogP contribution in [0.3, 0.4) is 0 Å². The quantitative estimate of drug-likeness (QED) is 0.889. The van der Waals surface area contributed by atoms with E-state index >= 15 is 0 Å². The van der Waals surface area contributed by atoms with Gasteiger partial charge < -0.3 is 10.4 Å². The Kier molecular flexibility index (Phi) is 4.40. The zero-order chi connectivity index (χ0) is 13.8. The molecule has 4 heteroatoms. The fourth-order valence-corrected chi connectivity index (χ4v) is 1.99. The zero-order valence-corrected chi connectivity index (χ0v) is 11.3. The third-order valence-corrected chi connectivity index (χ3v) is 3.20. The van der Waals surface area contributed by atoms with Crippen molar-refractivity contribution in [3.05, 3.63) is 64.4 Å². The van der Waals surface area contributed by atoms with Gasteiger partial charge in [0.2, 0.25) is 0 Å². The molecule has 0 radical (unpaired) electrons. The minimum absolute atomic E-state index is 0.0757. The van der Waals surface area contributed by atoms with Crippen LogP contribution in [0.2, 0.25) is 5.02 Å². The smallest absolute Gasteiger partial charge is 0.126 e. The van der Waals surface area contributed by atoms with Gasteiger partial charge in [0, 0.05) is 10.7 Å². The largest absolute Gasteiger partial charge is 0.394 e. The number of anilines is 1. The van der Waals surface area contributed by atoms with Crippen LogP contribution in [0.4, 0.5) is 10.1 Å². The van der Waals surface area contributed by atoms with Gasteiger partial charge in [0.15, 0.2) is 0 Å². The number of halogens is 2. The first-order valence-electron chi connectivity index (χ1n) is 5.99. The van der Waals surface area contributed by atoms with Gasteiger partial charge in [0.05, 0.1) is 12.6 Å². The van der Waals surface area contributed by atoms with Crippen LogP contribution in [-0.4, -0.2) is 11.7 Å². The molecule has 1 atom stereocenters. The lowest BCUT2D eigenvalue weighted by Crippen LogP contribution is -2.15. The monoisotopic (exact) mass is 279 g/mol. The van der Waals surface area contributed by atoms with E-state index in [1.807, 2.05) is 12.1 Å². The summed E-state index contributed by atoms with van der Waals surface area (Å²) in [5.41, 5.74) is 2.26. The summed E-state index contributed by atoms with van der Waals surface area (Å²) < 4.78 is 13.2.